The van der Waals surface area contributed by atoms with Gasteiger partial charge in [-0.15, -0.1) is 0 Å². The molecule has 17 heavy (non-hydrogen) atoms. The number of hydrogen-bond acceptors (Lipinski definition) is 3. The van der Waals surface area contributed by atoms with E-state index in [1.54, 1.807) is 31.2 Å². The maximum atomic E-state index is 10.7. The Morgan fingerprint density at radius 2 is 1.88 bits per heavy atom. The Balaban J connectivity index is 2.57. The summed E-state index contributed by atoms with van der Waals surface area (Å²) in [6, 6.07) is 11.6. The summed E-state index contributed by atoms with van der Waals surface area (Å²) in [6.45, 7) is 1.79. The van der Waals surface area contributed by atoms with Crippen LogP contribution in [0.4, 0.5) is 5.69 Å². The van der Waals surface area contributed by atoms with E-state index in [9.17, 15) is 15.2 Å². The molecule has 0 radical (unpaired) electrons. The fourth-order valence-electron chi connectivity index (χ4n) is 1.68. The maximum absolute atomic E-state index is 10.7. The van der Waals surface area contributed by atoms with Gasteiger partial charge in [0.2, 0.25) is 0 Å². The second kappa shape index (κ2) is 4.25. The number of para-hydroxylation sites is 1. The second-order valence-corrected chi connectivity index (χ2v) is 3.78. The van der Waals surface area contributed by atoms with Crippen LogP contribution in [0.3, 0.4) is 0 Å². The van der Waals surface area contributed by atoms with Crippen LogP contribution in [0.2, 0.25) is 0 Å². The van der Waals surface area contributed by atoms with Crippen molar-refractivity contribution in [3.63, 3.8) is 0 Å². The molecular formula is C13H11NO3. The van der Waals surface area contributed by atoms with Crippen molar-refractivity contribution >= 4 is 5.69 Å². The molecule has 4 nitrogen and oxygen atoms in total. The summed E-state index contributed by atoms with van der Waals surface area (Å²) >= 11 is 0. The van der Waals surface area contributed by atoms with E-state index in [0.717, 1.165) is 5.56 Å². The van der Waals surface area contributed by atoms with Gasteiger partial charge in [0.15, 0.2) is 0 Å². The van der Waals surface area contributed by atoms with E-state index >= 15 is 0 Å². The first-order valence-corrected chi connectivity index (χ1v) is 5.13. The van der Waals surface area contributed by atoms with Gasteiger partial charge < -0.3 is 5.11 Å². The van der Waals surface area contributed by atoms with Gasteiger partial charge in [-0.25, -0.2) is 0 Å². The lowest BCUT2D eigenvalue weighted by Gasteiger charge is -2.06. The second-order valence-electron chi connectivity index (χ2n) is 3.78. The van der Waals surface area contributed by atoms with Gasteiger partial charge in [-0.05, 0) is 18.1 Å². The molecule has 86 valence electrons. The van der Waals surface area contributed by atoms with Crippen LogP contribution in [-0.2, 0) is 0 Å². The van der Waals surface area contributed by atoms with E-state index in [1.807, 2.05) is 6.07 Å². The number of aryl methyl sites for hydroxylation is 1. The highest BCUT2D eigenvalue weighted by atomic mass is 16.6. The third kappa shape index (κ3) is 2.10. The first kappa shape index (κ1) is 11.1. The van der Waals surface area contributed by atoms with Crippen molar-refractivity contribution in [2.24, 2.45) is 0 Å². The van der Waals surface area contributed by atoms with Gasteiger partial charge in [0.05, 0.1) is 4.92 Å². The zero-order chi connectivity index (χ0) is 12.4. The highest BCUT2D eigenvalue weighted by Gasteiger charge is 2.10. The molecule has 0 heterocycles. The fraction of sp³-hybridized carbons (Fsp3) is 0.0769. The van der Waals surface area contributed by atoms with E-state index < -0.39 is 4.92 Å². The summed E-state index contributed by atoms with van der Waals surface area (Å²) in [5.41, 5.74) is 2.01. The molecule has 0 fully saturated rings. The maximum Gasteiger partial charge on any atom is 0.270 e. The first-order valence-electron chi connectivity index (χ1n) is 5.13. The lowest BCUT2D eigenvalue weighted by atomic mass is 10.0. The van der Waals surface area contributed by atoms with E-state index in [-0.39, 0.29) is 11.4 Å². The quantitative estimate of drug-likeness (QED) is 0.634. The van der Waals surface area contributed by atoms with Crippen molar-refractivity contribution in [2.45, 2.75) is 6.92 Å². The lowest BCUT2D eigenvalue weighted by Crippen LogP contribution is -1.88. The topological polar surface area (TPSA) is 63.4 Å². The van der Waals surface area contributed by atoms with Crippen molar-refractivity contribution in [1.29, 1.82) is 0 Å². The minimum atomic E-state index is -0.448. The van der Waals surface area contributed by atoms with Crippen molar-refractivity contribution in [1.82, 2.24) is 0 Å². The van der Waals surface area contributed by atoms with Crippen LogP contribution in [0.1, 0.15) is 5.56 Å². The van der Waals surface area contributed by atoms with Gasteiger partial charge in [-0.3, -0.25) is 10.1 Å². The van der Waals surface area contributed by atoms with Gasteiger partial charge >= 0.3 is 0 Å². The monoisotopic (exact) mass is 229 g/mol. The molecule has 0 bridgehead atoms. The molecule has 2 aromatic rings. The summed E-state index contributed by atoms with van der Waals surface area (Å²) in [7, 11) is 0. The Labute approximate surface area is 98.3 Å². The summed E-state index contributed by atoms with van der Waals surface area (Å²) in [5, 5.41) is 20.6. The molecule has 0 amide bonds. The number of rotatable bonds is 2. The lowest BCUT2D eigenvalue weighted by molar-refractivity contribution is -0.384. The Hall–Kier alpha value is -2.36. The van der Waals surface area contributed by atoms with Crippen molar-refractivity contribution in [2.75, 3.05) is 0 Å². The largest absolute Gasteiger partial charge is 0.507 e. The van der Waals surface area contributed by atoms with Gasteiger partial charge in [0.25, 0.3) is 5.69 Å². The van der Waals surface area contributed by atoms with Crippen molar-refractivity contribution < 1.29 is 10.0 Å². The van der Waals surface area contributed by atoms with Crippen LogP contribution in [0.25, 0.3) is 11.1 Å². The Morgan fingerprint density at radius 3 is 2.59 bits per heavy atom. The molecular weight excluding hydrogens is 218 g/mol. The molecule has 0 unspecified atom stereocenters. The number of non-ortho nitro benzene ring substituents is 1. The van der Waals surface area contributed by atoms with Crippen LogP contribution < -0.4 is 0 Å². The smallest absolute Gasteiger partial charge is 0.270 e. The standard InChI is InChI=1S/C13H11NO3/c1-9-4-2-7-12(13(9)15)10-5-3-6-11(8-10)14(16)17/h2-8,15H,1H3. The molecule has 0 aliphatic rings. The van der Waals surface area contributed by atoms with E-state index in [0.29, 0.717) is 11.1 Å². The Kier molecular flexibility index (Phi) is 2.78. The van der Waals surface area contributed by atoms with Crippen molar-refractivity contribution in [3.8, 4) is 16.9 Å². The van der Waals surface area contributed by atoms with Gasteiger partial charge in [-0.1, -0.05) is 30.3 Å². The minimum Gasteiger partial charge on any atom is -0.507 e. The summed E-state index contributed by atoms with van der Waals surface area (Å²) < 4.78 is 0. The first-order chi connectivity index (χ1) is 8.09. The average molecular weight is 229 g/mol. The predicted molar refractivity (Wildman–Crippen MR) is 64.9 cm³/mol. The van der Waals surface area contributed by atoms with Gasteiger partial charge in [0.1, 0.15) is 5.75 Å². The zero-order valence-corrected chi connectivity index (χ0v) is 9.25. The summed E-state index contributed by atoms with van der Waals surface area (Å²) in [5.74, 6) is 0.160. The molecule has 0 aliphatic carbocycles. The molecule has 0 saturated heterocycles. The number of phenols is 1. The molecule has 0 aliphatic heterocycles. The average Bonchev–Trinajstić information content (AvgIpc) is 2.33. The molecule has 0 aromatic heterocycles. The zero-order valence-electron chi connectivity index (χ0n) is 9.25. The van der Waals surface area contributed by atoms with Crippen molar-refractivity contribution in [3.05, 3.63) is 58.1 Å². The molecule has 0 atom stereocenters. The molecule has 1 N–H and O–H groups in total. The van der Waals surface area contributed by atoms with E-state index in [2.05, 4.69) is 0 Å². The van der Waals surface area contributed by atoms with E-state index in [1.165, 1.54) is 12.1 Å². The van der Waals surface area contributed by atoms with Gasteiger partial charge in [-0.2, -0.15) is 0 Å². The SMILES string of the molecule is Cc1cccc(-c2cccc([N+](=O)[O-])c2)c1O. The number of nitro benzene ring substituents is 1. The molecule has 0 saturated carbocycles. The fourth-order valence-corrected chi connectivity index (χ4v) is 1.68. The molecule has 2 rings (SSSR count). The summed E-state index contributed by atoms with van der Waals surface area (Å²) in [6.07, 6.45) is 0. The minimum absolute atomic E-state index is 0.0170. The molecule has 2 aromatic carbocycles. The number of phenolic OH excluding ortho intramolecular Hbond substituents is 1. The Morgan fingerprint density at radius 1 is 1.18 bits per heavy atom. The number of benzene rings is 2. The van der Waals surface area contributed by atoms with Crippen LogP contribution >= 0.6 is 0 Å². The molecule has 0 spiro atoms. The number of nitro groups is 1. The highest BCUT2D eigenvalue weighted by Crippen LogP contribution is 2.33. The predicted octanol–water partition coefficient (Wildman–Crippen LogP) is 3.28. The van der Waals surface area contributed by atoms with Crippen LogP contribution in [0.5, 0.6) is 5.75 Å². The third-order valence-corrected chi connectivity index (χ3v) is 2.61. The third-order valence-electron chi connectivity index (χ3n) is 2.61. The van der Waals surface area contributed by atoms with Crippen LogP contribution in [0.15, 0.2) is 42.5 Å². The highest BCUT2D eigenvalue weighted by molar-refractivity contribution is 5.73. The Bertz CT molecular complexity index is 579. The van der Waals surface area contributed by atoms with Gasteiger partial charge in [0, 0.05) is 17.7 Å². The van der Waals surface area contributed by atoms with Crippen LogP contribution in [0, 0.1) is 17.0 Å². The normalized spacial score (nSPS) is 10.2. The number of hydrogen-bond donors (Lipinski definition) is 1. The van der Waals surface area contributed by atoms with E-state index in [4.69, 9.17) is 0 Å². The number of nitrogens with zero attached hydrogens (tertiary/aromatic N) is 1. The summed E-state index contributed by atoms with van der Waals surface area (Å²) in [4.78, 5) is 10.2. The number of aromatic hydroxyl groups is 1. The molecule has 4 heteroatoms. The van der Waals surface area contributed by atoms with Crippen LogP contribution in [-0.4, -0.2) is 10.0 Å².